The van der Waals surface area contributed by atoms with Crippen LogP contribution in [0.25, 0.3) is 0 Å². The molecule has 0 amide bonds. The van der Waals surface area contributed by atoms with Gasteiger partial charge in [-0.25, -0.2) is 0 Å². The molecule has 0 aromatic heterocycles. The van der Waals surface area contributed by atoms with E-state index in [9.17, 15) is 4.21 Å². The van der Waals surface area contributed by atoms with Crippen molar-refractivity contribution < 1.29 is 4.21 Å². The molecular weight excluding hydrogens is 242 g/mol. The molecule has 0 bridgehead atoms. The van der Waals surface area contributed by atoms with E-state index in [0.717, 1.165) is 41.5 Å². The van der Waals surface area contributed by atoms with Crippen LogP contribution in [0.4, 0.5) is 0 Å². The average Bonchev–Trinajstić information content (AvgIpc) is 2.30. The number of nitrogens with one attached hydrogen (secondary N) is 1. The molecule has 1 aromatic rings. The minimum atomic E-state index is -0.579. The SMILES string of the molecule is O=S1CCC(NCc2ccccc2Cl)CC1. The highest BCUT2D eigenvalue weighted by atomic mass is 35.5. The summed E-state index contributed by atoms with van der Waals surface area (Å²) in [7, 11) is -0.579. The molecule has 1 heterocycles. The third-order valence-electron chi connectivity index (χ3n) is 2.93. The van der Waals surface area contributed by atoms with Gasteiger partial charge < -0.3 is 5.32 Å². The lowest BCUT2D eigenvalue weighted by Crippen LogP contribution is -2.35. The van der Waals surface area contributed by atoms with Crippen LogP contribution in [0, 0.1) is 0 Å². The highest BCUT2D eigenvalue weighted by molar-refractivity contribution is 7.85. The highest BCUT2D eigenvalue weighted by Crippen LogP contribution is 2.16. The Kier molecular flexibility index (Phi) is 4.38. The molecule has 1 saturated heterocycles. The third kappa shape index (κ3) is 3.30. The molecule has 88 valence electrons. The minimum Gasteiger partial charge on any atom is -0.310 e. The second kappa shape index (κ2) is 5.80. The van der Waals surface area contributed by atoms with Crippen molar-refractivity contribution in [1.29, 1.82) is 0 Å². The number of halogens is 1. The van der Waals surface area contributed by atoms with E-state index >= 15 is 0 Å². The lowest BCUT2D eigenvalue weighted by atomic mass is 10.1. The summed E-state index contributed by atoms with van der Waals surface area (Å²) in [6.07, 6.45) is 2.02. The molecule has 0 spiro atoms. The Morgan fingerprint density at radius 2 is 2.00 bits per heavy atom. The maximum absolute atomic E-state index is 11.2. The van der Waals surface area contributed by atoms with Crippen molar-refractivity contribution >= 4 is 22.4 Å². The maximum Gasteiger partial charge on any atom is 0.0450 e. The van der Waals surface area contributed by atoms with Crippen LogP contribution in [0.3, 0.4) is 0 Å². The van der Waals surface area contributed by atoms with Crippen LogP contribution in [0.5, 0.6) is 0 Å². The van der Waals surface area contributed by atoms with Gasteiger partial charge in [0.1, 0.15) is 0 Å². The molecule has 0 unspecified atom stereocenters. The first-order valence-electron chi connectivity index (χ1n) is 5.57. The first kappa shape index (κ1) is 12.1. The van der Waals surface area contributed by atoms with Crippen LogP contribution in [-0.4, -0.2) is 21.8 Å². The van der Waals surface area contributed by atoms with E-state index in [1.54, 1.807) is 0 Å². The van der Waals surface area contributed by atoms with Crippen LogP contribution in [0.2, 0.25) is 5.02 Å². The molecule has 0 atom stereocenters. The Hall–Kier alpha value is -0.380. The van der Waals surface area contributed by atoms with E-state index in [-0.39, 0.29) is 0 Å². The van der Waals surface area contributed by atoms with Crippen molar-refractivity contribution in [1.82, 2.24) is 5.32 Å². The van der Waals surface area contributed by atoms with Crippen molar-refractivity contribution in [3.63, 3.8) is 0 Å². The van der Waals surface area contributed by atoms with Crippen LogP contribution in [0.15, 0.2) is 24.3 Å². The number of benzene rings is 1. The first-order chi connectivity index (χ1) is 7.75. The molecule has 1 aliphatic heterocycles. The van der Waals surface area contributed by atoms with Gasteiger partial charge in [0, 0.05) is 39.9 Å². The third-order valence-corrected chi connectivity index (χ3v) is 4.68. The lowest BCUT2D eigenvalue weighted by molar-refractivity contribution is 0.475. The summed E-state index contributed by atoms with van der Waals surface area (Å²) in [6, 6.07) is 8.38. The fourth-order valence-electron chi connectivity index (χ4n) is 1.89. The second-order valence-electron chi connectivity index (χ2n) is 4.09. The fourth-order valence-corrected chi connectivity index (χ4v) is 3.40. The monoisotopic (exact) mass is 257 g/mol. The highest BCUT2D eigenvalue weighted by Gasteiger charge is 2.17. The van der Waals surface area contributed by atoms with Gasteiger partial charge in [-0.15, -0.1) is 0 Å². The normalized spacial score (nSPS) is 25.6. The summed E-state index contributed by atoms with van der Waals surface area (Å²) in [5, 5.41) is 4.29. The zero-order valence-corrected chi connectivity index (χ0v) is 10.7. The molecule has 2 rings (SSSR count). The van der Waals surface area contributed by atoms with Gasteiger partial charge >= 0.3 is 0 Å². The Labute approximate surface area is 104 Å². The smallest absolute Gasteiger partial charge is 0.0450 e. The average molecular weight is 258 g/mol. The Balaban J connectivity index is 1.84. The predicted molar refractivity (Wildman–Crippen MR) is 69.2 cm³/mol. The zero-order chi connectivity index (χ0) is 11.4. The summed E-state index contributed by atoms with van der Waals surface area (Å²) in [5.74, 6) is 1.67. The number of rotatable bonds is 3. The van der Waals surface area contributed by atoms with E-state index in [1.807, 2.05) is 24.3 Å². The predicted octanol–water partition coefficient (Wildman–Crippen LogP) is 2.34. The van der Waals surface area contributed by atoms with Gasteiger partial charge in [-0.1, -0.05) is 29.8 Å². The Bertz CT molecular complexity index is 373. The molecular formula is C12H16ClNOS. The van der Waals surface area contributed by atoms with E-state index in [2.05, 4.69) is 5.32 Å². The van der Waals surface area contributed by atoms with Gasteiger partial charge in [0.05, 0.1) is 0 Å². The molecule has 0 radical (unpaired) electrons. The standard InChI is InChI=1S/C12H16ClNOS/c13-12-4-2-1-3-10(12)9-14-11-5-7-16(15)8-6-11/h1-4,11,14H,5-9H2. The van der Waals surface area contributed by atoms with Crippen LogP contribution < -0.4 is 5.32 Å². The van der Waals surface area contributed by atoms with Crippen LogP contribution in [-0.2, 0) is 17.3 Å². The van der Waals surface area contributed by atoms with Gasteiger partial charge in [0.25, 0.3) is 0 Å². The summed E-state index contributed by atoms with van der Waals surface area (Å²) in [4.78, 5) is 0. The van der Waals surface area contributed by atoms with Crippen LogP contribution in [0.1, 0.15) is 18.4 Å². The zero-order valence-electron chi connectivity index (χ0n) is 9.12. The van der Waals surface area contributed by atoms with Crippen molar-refractivity contribution in [2.45, 2.75) is 25.4 Å². The summed E-state index contributed by atoms with van der Waals surface area (Å²) >= 11 is 6.08. The topological polar surface area (TPSA) is 29.1 Å². The van der Waals surface area contributed by atoms with Crippen molar-refractivity contribution in [2.75, 3.05) is 11.5 Å². The molecule has 0 aliphatic carbocycles. The Morgan fingerprint density at radius 3 is 2.69 bits per heavy atom. The molecule has 16 heavy (non-hydrogen) atoms. The van der Waals surface area contributed by atoms with E-state index in [1.165, 1.54) is 0 Å². The minimum absolute atomic E-state index is 0.494. The molecule has 1 fully saturated rings. The maximum atomic E-state index is 11.2. The first-order valence-corrected chi connectivity index (χ1v) is 7.44. The Morgan fingerprint density at radius 1 is 1.31 bits per heavy atom. The molecule has 1 N–H and O–H groups in total. The van der Waals surface area contributed by atoms with Crippen molar-refractivity contribution in [3.05, 3.63) is 34.9 Å². The molecule has 4 heteroatoms. The van der Waals surface area contributed by atoms with Crippen molar-refractivity contribution in [2.24, 2.45) is 0 Å². The second-order valence-corrected chi connectivity index (χ2v) is 6.20. The van der Waals surface area contributed by atoms with E-state index < -0.39 is 10.8 Å². The number of hydrogen-bond acceptors (Lipinski definition) is 2. The summed E-state index contributed by atoms with van der Waals surface area (Å²) in [5.41, 5.74) is 1.14. The van der Waals surface area contributed by atoms with E-state index in [0.29, 0.717) is 6.04 Å². The quantitative estimate of drug-likeness (QED) is 0.901. The number of hydrogen-bond donors (Lipinski definition) is 1. The molecule has 1 aromatic carbocycles. The largest absolute Gasteiger partial charge is 0.310 e. The van der Waals surface area contributed by atoms with Crippen molar-refractivity contribution in [3.8, 4) is 0 Å². The van der Waals surface area contributed by atoms with Gasteiger partial charge in [-0.3, -0.25) is 4.21 Å². The van der Waals surface area contributed by atoms with Gasteiger partial charge in [0.2, 0.25) is 0 Å². The van der Waals surface area contributed by atoms with Gasteiger partial charge in [-0.05, 0) is 24.5 Å². The molecule has 0 saturated carbocycles. The summed E-state index contributed by atoms with van der Waals surface area (Å²) < 4.78 is 11.2. The van der Waals surface area contributed by atoms with Gasteiger partial charge in [-0.2, -0.15) is 0 Å². The van der Waals surface area contributed by atoms with Gasteiger partial charge in [0.15, 0.2) is 0 Å². The lowest BCUT2D eigenvalue weighted by Gasteiger charge is -2.22. The fraction of sp³-hybridized carbons (Fsp3) is 0.500. The van der Waals surface area contributed by atoms with Crippen LogP contribution >= 0.6 is 11.6 Å². The summed E-state index contributed by atoms with van der Waals surface area (Å²) in [6.45, 7) is 0.803. The van der Waals surface area contributed by atoms with E-state index in [4.69, 9.17) is 11.6 Å². The molecule has 2 nitrogen and oxygen atoms in total. The molecule has 1 aliphatic rings.